The SMILES string of the molecule is CCNC(=NCc1cccc(S(N)(=O)=O)c1)NCC(C)c1cccc(C)c1.I. The summed E-state index contributed by atoms with van der Waals surface area (Å²) in [7, 11) is -3.71. The molecule has 0 saturated carbocycles. The van der Waals surface area contributed by atoms with Crippen LogP contribution in [0.3, 0.4) is 0 Å². The average Bonchev–Trinajstić information content (AvgIpc) is 2.63. The molecular formula is C20H29IN4O2S. The molecule has 0 radical (unpaired) electrons. The minimum atomic E-state index is -3.71. The maximum Gasteiger partial charge on any atom is 0.238 e. The summed E-state index contributed by atoms with van der Waals surface area (Å²) >= 11 is 0. The maximum atomic E-state index is 11.5. The number of aryl methyl sites for hydroxylation is 1. The minimum Gasteiger partial charge on any atom is -0.357 e. The Kier molecular flexibility index (Phi) is 9.91. The van der Waals surface area contributed by atoms with E-state index in [1.165, 1.54) is 17.2 Å². The molecule has 6 nitrogen and oxygen atoms in total. The molecule has 1 atom stereocenters. The lowest BCUT2D eigenvalue weighted by Crippen LogP contribution is -2.39. The smallest absolute Gasteiger partial charge is 0.238 e. The molecule has 0 aliphatic rings. The Bertz CT molecular complexity index is 901. The summed E-state index contributed by atoms with van der Waals surface area (Å²) in [6.45, 7) is 8.10. The lowest BCUT2D eigenvalue weighted by atomic mass is 9.99. The summed E-state index contributed by atoms with van der Waals surface area (Å²) in [5.41, 5.74) is 3.30. The number of sulfonamides is 1. The van der Waals surface area contributed by atoms with Crippen LogP contribution in [0.25, 0.3) is 0 Å². The van der Waals surface area contributed by atoms with Gasteiger partial charge < -0.3 is 10.6 Å². The van der Waals surface area contributed by atoms with Gasteiger partial charge in [0.25, 0.3) is 0 Å². The van der Waals surface area contributed by atoms with Crippen molar-refractivity contribution < 1.29 is 8.42 Å². The van der Waals surface area contributed by atoms with E-state index >= 15 is 0 Å². The van der Waals surface area contributed by atoms with Gasteiger partial charge in [-0.15, -0.1) is 24.0 Å². The van der Waals surface area contributed by atoms with Crippen LogP contribution in [-0.4, -0.2) is 27.5 Å². The predicted molar refractivity (Wildman–Crippen MR) is 126 cm³/mol. The topological polar surface area (TPSA) is 96.6 Å². The number of rotatable bonds is 7. The van der Waals surface area contributed by atoms with E-state index in [0.717, 1.165) is 18.7 Å². The second-order valence-electron chi connectivity index (χ2n) is 6.58. The van der Waals surface area contributed by atoms with Gasteiger partial charge in [0.2, 0.25) is 10.0 Å². The number of guanidine groups is 1. The third kappa shape index (κ3) is 7.76. The molecule has 2 aromatic carbocycles. The Labute approximate surface area is 185 Å². The molecule has 0 fully saturated rings. The molecule has 4 N–H and O–H groups in total. The van der Waals surface area contributed by atoms with Crippen molar-refractivity contribution in [2.24, 2.45) is 10.1 Å². The standard InChI is InChI=1S/C20H28N4O2S.HI/c1-4-22-20(23-13-16(3)18-9-5-7-15(2)11-18)24-14-17-8-6-10-19(12-17)27(21,25)26;/h5-12,16H,4,13-14H2,1-3H3,(H2,21,25,26)(H2,22,23,24);1H. The van der Waals surface area contributed by atoms with Crippen LogP contribution >= 0.6 is 24.0 Å². The summed E-state index contributed by atoms with van der Waals surface area (Å²) < 4.78 is 23.0. The summed E-state index contributed by atoms with van der Waals surface area (Å²) in [5, 5.41) is 11.7. The van der Waals surface area contributed by atoms with Gasteiger partial charge in [-0.25, -0.2) is 18.5 Å². The first-order chi connectivity index (χ1) is 12.8. The van der Waals surface area contributed by atoms with Crippen molar-refractivity contribution in [1.29, 1.82) is 0 Å². The van der Waals surface area contributed by atoms with Crippen molar-refractivity contribution in [2.45, 2.75) is 38.1 Å². The van der Waals surface area contributed by atoms with Gasteiger partial charge in [-0.05, 0) is 43.0 Å². The second kappa shape index (κ2) is 11.4. The van der Waals surface area contributed by atoms with Gasteiger partial charge in [-0.2, -0.15) is 0 Å². The summed E-state index contributed by atoms with van der Waals surface area (Å²) in [4.78, 5) is 4.65. The van der Waals surface area contributed by atoms with E-state index < -0.39 is 10.0 Å². The number of nitrogens with two attached hydrogens (primary N) is 1. The number of benzene rings is 2. The van der Waals surface area contributed by atoms with Crippen LogP contribution in [0.4, 0.5) is 0 Å². The van der Waals surface area contributed by atoms with Gasteiger partial charge in [0.15, 0.2) is 5.96 Å². The Hall–Kier alpha value is -1.65. The molecule has 0 amide bonds. The number of hydrogen-bond acceptors (Lipinski definition) is 3. The van der Waals surface area contributed by atoms with Crippen molar-refractivity contribution in [1.82, 2.24) is 10.6 Å². The van der Waals surface area contributed by atoms with Gasteiger partial charge in [0.1, 0.15) is 0 Å². The highest BCUT2D eigenvalue weighted by Gasteiger charge is 2.09. The van der Waals surface area contributed by atoms with Crippen LogP contribution < -0.4 is 15.8 Å². The Morgan fingerprint density at radius 3 is 2.50 bits per heavy atom. The predicted octanol–water partition coefficient (Wildman–Crippen LogP) is 3.12. The molecule has 2 rings (SSSR count). The van der Waals surface area contributed by atoms with E-state index in [0.29, 0.717) is 18.4 Å². The molecule has 1 unspecified atom stereocenters. The average molecular weight is 516 g/mol. The van der Waals surface area contributed by atoms with E-state index in [4.69, 9.17) is 5.14 Å². The Morgan fingerprint density at radius 1 is 1.14 bits per heavy atom. The molecule has 0 aromatic heterocycles. The molecule has 2 aromatic rings. The van der Waals surface area contributed by atoms with Crippen LogP contribution in [0.1, 0.15) is 36.5 Å². The maximum absolute atomic E-state index is 11.5. The number of aliphatic imine (C=N–C) groups is 1. The molecule has 0 saturated heterocycles. The van der Waals surface area contributed by atoms with Crippen molar-refractivity contribution in [3.63, 3.8) is 0 Å². The lowest BCUT2D eigenvalue weighted by Gasteiger charge is -2.16. The van der Waals surface area contributed by atoms with Crippen molar-refractivity contribution >= 4 is 40.0 Å². The summed E-state index contributed by atoms with van der Waals surface area (Å²) in [5.74, 6) is 1.03. The molecule has 0 aliphatic heterocycles. The summed E-state index contributed by atoms with van der Waals surface area (Å²) in [6, 6.07) is 15.0. The molecule has 0 spiro atoms. The second-order valence-corrected chi connectivity index (χ2v) is 8.15. The highest BCUT2D eigenvalue weighted by atomic mass is 127. The van der Waals surface area contributed by atoms with Crippen LogP contribution in [0.15, 0.2) is 58.4 Å². The van der Waals surface area contributed by atoms with Gasteiger partial charge in [0.05, 0.1) is 11.4 Å². The van der Waals surface area contributed by atoms with E-state index in [1.807, 2.05) is 13.0 Å². The molecular weight excluding hydrogens is 487 g/mol. The fourth-order valence-electron chi connectivity index (χ4n) is 2.68. The third-order valence-corrected chi connectivity index (χ3v) is 5.09. The number of nitrogens with one attached hydrogen (secondary N) is 2. The van der Waals surface area contributed by atoms with Gasteiger partial charge >= 0.3 is 0 Å². The molecule has 0 heterocycles. The molecule has 0 aliphatic carbocycles. The fourth-order valence-corrected chi connectivity index (χ4v) is 3.26. The highest BCUT2D eigenvalue weighted by molar-refractivity contribution is 14.0. The fraction of sp³-hybridized carbons (Fsp3) is 0.350. The van der Waals surface area contributed by atoms with Crippen LogP contribution in [0, 0.1) is 6.92 Å². The monoisotopic (exact) mass is 516 g/mol. The number of nitrogens with zero attached hydrogens (tertiary/aromatic N) is 1. The molecule has 28 heavy (non-hydrogen) atoms. The quantitative estimate of drug-likeness (QED) is 0.299. The lowest BCUT2D eigenvalue weighted by molar-refractivity contribution is 0.597. The van der Waals surface area contributed by atoms with Gasteiger partial charge in [-0.3, -0.25) is 0 Å². The van der Waals surface area contributed by atoms with Gasteiger partial charge in [-0.1, -0.05) is 48.9 Å². The first-order valence-corrected chi connectivity index (χ1v) is 10.5. The zero-order valence-electron chi connectivity index (χ0n) is 16.5. The zero-order chi connectivity index (χ0) is 19.9. The first-order valence-electron chi connectivity index (χ1n) is 9.00. The van der Waals surface area contributed by atoms with Gasteiger partial charge in [0, 0.05) is 13.1 Å². The van der Waals surface area contributed by atoms with Crippen molar-refractivity contribution in [3.8, 4) is 0 Å². The van der Waals surface area contributed by atoms with E-state index in [9.17, 15) is 8.42 Å². The van der Waals surface area contributed by atoms with Crippen LogP contribution in [0.2, 0.25) is 0 Å². The third-order valence-electron chi connectivity index (χ3n) is 4.18. The number of primary sulfonamides is 1. The van der Waals surface area contributed by atoms with Crippen LogP contribution in [-0.2, 0) is 16.6 Å². The number of hydrogen-bond donors (Lipinski definition) is 3. The number of halogens is 1. The van der Waals surface area contributed by atoms with E-state index in [1.54, 1.807) is 12.1 Å². The normalized spacial score (nSPS) is 12.8. The van der Waals surface area contributed by atoms with Crippen molar-refractivity contribution in [3.05, 3.63) is 65.2 Å². The van der Waals surface area contributed by atoms with Crippen LogP contribution in [0.5, 0.6) is 0 Å². The molecule has 154 valence electrons. The largest absolute Gasteiger partial charge is 0.357 e. The Balaban J connectivity index is 0.00000392. The first kappa shape index (κ1) is 24.4. The Morgan fingerprint density at radius 2 is 1.86 bits per heavy atom. The molecule has 0 bridgehead atoms. The highest BCUT2D eigenvalue weighted by Crippen LogP contribution is 2.15. The summed E-state index contributed by atoms with van der Waals surface area (Å²) in [6.07, 6.45) is 0. The minimum absolute atomic E-state index is 0. The van der Waals surface area contributed by atoms with Crippen molar-refractivity contribution in [2.75, 3.05) is 13.1 Å². The van der Waals surface area contributed by atoms with E-state index in [2.05, 4.69) is 53.7 Å². The molecule has 8 heteroatoms. The zero-order valence-corrected chi connectivity index (χ0v) is 19.6. The van der Waals surface area contributed by atoms with E-state index in [-0.39, 0.29) is 28.9 Å².